The predicted octanol–water partition coefficient (Wildman–Crippen LogP) is 5.46. The van der Waals surface area contributed by atoms with Crippen LogP contribution in [-0.4, -0.2) is 65.8 Å². The van der Waals surface area contributed by atoms with E-state index >= 15 is 0 Å². The summed E-state index contributed by atoms with van der Waals surface area (Å²) in [5, 5.41) is 3.51. The van der Waals surface area contributed by atoms with Crippen molar-refractivity contribution in [1.82, 2.24) is 15.2 Å². The van der Waals surface area contributed by atoms with Crippen LogP contribution in [0.4, 0.5) is 16.3 Å². The molecular formula is C28H34ClN5O4. The highest BCUT2D eigenvalue weighted by Crippen LogP contribution is 2.31. The van der Waals surface area contributed by atoms with Gasteiger partial charge in [0.15, 0.2) is 0 Å². The van der Waals surface area contributed by atoms with Crippen LogP contribution in [0.1, 0.15) is 56.8 Å². The zero-order valence-electron chi connectivity index (χ0n) is 22.1. The Kier molecular flexibility index (Phi) is 8.62. The summed E-state index contributed by atoms with van der Waals surface area (Å²) in [5.41, 5.74) is 0.420. The van der Waals surface area contributed by atoms with Crippen LogP contribution in [0.3, 0.4) is 0 Å². The van der Waals surface area contributed by atoms with Crippen molar-refractivity contribution in [2.24, 2.45) is 0 Å². The molecule has 4 rings (SSSR count). The molecule has 10 heteroatoms. The van der Waals surface area contributed by atoms with E-state index in [1.165, 1.54) is 0 Å². The third-order valence-corrected chi connectivity index (χ3v) is 6.92. The van der Waals surface area contributed by atoms with Crippen molar-refractivity contribution in [3.8, 4) is 5.75 Å². The number of anilines is 1. The van der Waals surface area contributed by atoms with Gasteiger partial charge in [0.05, 0.1) is 23.3 Å². The number of amides is 2. The van der Waals surface area contributed by atoms with E-state index in [0.29, 0.717) is 48.2 Å². The monoisotopic (exact) mass is 539 g/mol. The fourth-order valence-electron chi connectivity index (χ4n) is 4.59. The Morgan fingerprint density at radius 2 is 1.79 bits per heavy atom. The van der Waals surface area contributed by atoms with E-state index in [1.54, 1.807) is 35.4 Å². The Bertz CT molecular complexity index is 1180. The van der Waals surface area contributed by atoms with Gasteiger partial charge in [-0.1, -0.05) is 17.7 Å². The molecule has 0 radical (unpaired) electrons. The maximum Gasteiger partial charge on any atom is 0.410 e. The van der Waals surface area contributed by atoms with Gasteiger partial charge >= 0.3 is 6.09 Å². The lowest BCUT2D eigenvalue weighted by molar-refractivity contribution is 0.0240. The molecule has 0 spiro atoms. The van der Waals surface area contributed by atoms with Crippen LogP contribution in [0, 0.1) is 6.57 Å². The molecule has 2 aromatic rings. The van der Waals surface area contributed by atoms with Crippen molar-refractivity contribution in [1.29, 1.82) is 0 Å². The average Bonchev–Trinajstić information content (AvgIpc) is 2.89. The number of hydrogen-bond donors (Lipinski definition) is 1. The first-order chi connectivity index (χ1) is 18.1. The summed E-state index contributed by atoms with van der Waals surface area (Å²) in [6.07, 6.45) is 4.64. The molecule has 0 atom stereocenters. The summed E-state index contributed by atoms with van der Waals surface area (Å²) in [5.74, 6) is 1.31. The number of aromatic nitrogens is 1. The second-order valence-electron chi connectivity index (χ2n) is 10.6. The van der Waals surface area contributed by atoms with Gasteiger partial charge in [-0.05, 0) is 70.7 Å². The number of carbonyl (C=O) groups excluding carboxylic acids is 2. The lowest BCUT2D eigenvalue weighted by atomic mass is 9.92. The summed E-state index contributed by atoms with van der Waals surface area (Å²) >= 11 is 6.11. The van der Waals surface area contributed by atoms with Crippen LogP contribution in [0.5, 0.6) is 5.75 Å². The van der Waals surface area contributed by atoms with E-state index < -0.39 is 5.60 Å². The molecule has 1 aliphatic heterocycles. The SMILES string of the molecule is [C-]#[N+]c1ccc(OC2CCC(NC(=O)c3ccc(N4CCN(C(=O)OC(C)(C)C)CC4)nc3)CC2)cc1Cl. The largest absolute Gasteiger partial charge is 0.490 e. The van der Waals surface area contributed by atoms with Crippen LogP contribution >= 0.6 is 11.6 Å². The minimum Gasteiger partial charge on any atom is -0.490 e. The summed E-state index contributed by atoms with van der Waals surface area (Å²) in [4.78, 5) is 36.8. The standard InChI is InChI=1S/C28H34ClN5O4/c1-28(2,3)38-27(36)34-15-13-33(14-16-34)25-12-5-19(18-31-25)26(35)32-20-6-8-21(9-7-20)37-22-10-11-24(30-4)23(29)17-22/h5,10-12,17-18,20-21H,6-9,13-16H2,1-3H3,(H,32,35). The second-order valence-corrected chi connectivity index (χ2v) is 11.1. The second kappa shape index (κ2) is 11.9. The number of benzene rings is 1. The topological polar surface area (TPSA) is 88.4 Å². The number of piperazine rings is 1. The van der Waals surface area contributed by atoms with Gasteiger partial charge in [0.1, 0.15) is 17.2 Å². The number of halogens is 1. The van der Waals surface area contributed by atoms with Crippen molar-refractivity contribution in [2.75, 3.05) is 31.1 Å². The number of rotatable bonds is 5. The van der Waals surface area contributed by atoms with Crippen molar-refractivity contribution in [3.63, 3.8) is 0 Å². The molecule has 2 aliphatic rings. The van der Waals surface area contributed by atoms with Crippen LogP contribution in [0.15, 0.2) is 36.5 Å². The quantitative estimate of drug-likeness (QED) is 0.507. The van der Waals surface area contributed by atoms with Crippen molar-refractivity contribution in [3.05, 3.63) is 58.5 Å². The summed E-state index contributed by atoms with van der Waals surface area (Å²) in [6, 6.07) is 8.84. The molecule has 38 heavy (non-hydrogen) atoms. The normalized spacial score (nSPS) is 19.9. The molecule has 1 saturated carbocycles. The molecule has 1 saturated heterocycles. The Morgan fingerprint density at radius 3 is 2.37 bits per heavy atom. The molecule has 1 aromatic carbocycles. The molecular weight excluding hydrogens is 506 g/mol. The molecule has 1 aromatic heterocycles. The molecule has 202 valence electrons. The minimum atomic E-state index is -0.513. The summed E-state index contributed by atoms with van der Waals surface area (Å²) < 4.78 is 11.5. The van der Waals surface area contributed by atoms with Gasteiger partial charge < -0.3 is 24.6 Å². The van der Waals surface area contributed by atoms with E-state index in [-0.39, 0.29) is 24.1 Å². The summed E-state index contributed by atoms with van der Waals surface area (Å²) in [6.45, 7) is 15.1. The number of nitrogens with one attached hydrogen (secondary N) is 1. The van der Waals surface area contributed by atoms with E-state index in [2.05, 4.69) is 20.0 Å². The van der Waals surface area contributed by atoms with Crippen molar-refractivity contribution in [2.45, 2.75) is 64.2 Å². The van der Waals surface area contributed by atoms with E-state index in [1.807, 2.05) is 26.8 Å². The predicted molar refractivity (Wildman–Crippen MR) is 146 cm³/mol. The molecule has 2 amide bonds. The van der Waals surface area contributed by atoms with Crippen molar-refractivity contribution >= 4 is 35.1 Å². The Balaban J connectivity index is 1.21. The van der Waals surface area contributed by atoms with Gasteiger partial charge in [0.2, 0.25) is 5.69 Å². The fourth-order valence-corrected chi connectivity index (χ4v) is 4.80. The molecule has 1 aliphatic carbocycles. The minimum absolute atomic E-state index is 0.0507. The molecule has 0 unspecified atom stereocenters. The van der Waals surface area contributed by atoms with Gasteiger partial charge in [0, 0.05) is 38.4 Å². The highest BCUT2D eigenvalue weighted by Gasteiger charge is 2.27. The average molecular weight is 540 g/mol. The van der Waals surface area contributed by atoms with Gasteiger partial charge in [-0.2, -0.15) is 0 Å². The highest BCUT2D eigenvalue weighted by atomic mass is 35.5. The number of hydrogen-bond acceptors (Lipinski definition) is 6. The lowest BCUT2D eigenvalue weighted by Crippen LogP contribution is -2.50. The molecule has 1 N–H and O–H groups in total. The molecule has 0 bridgehead atoms. The Morgan fingerprint density at radius 1 is 1.08 bits per heavy atom. The number of carbonyl (C=O) groups is 2. The number of nitrogens with zero attached hydrogens (tertiary/aromatic N) is 4. The van der Waals surface area contributed by atoms with E-state index in [0.717, 1.165) is 31.5 Å². The van der Waals surface area contributed by atoms with E-state index in [9.17, 15) is 9.59 Å². The first-order valence-electron chi connectivity index (χ1n) is 12.9. The third kappa shape index (κ3) is 7.29. The fraction of sp³-hybridized carbons (Fsp3) is 0.500. The van der Waals surface area contributed by atoms with Crippen LogP contribution in [0.25, 0.3) is 4.85 Å². The Labute approximate surface area is 228 Å². The smallest absolute Gasteiger partial charge is 0.410 e. The highest BCUT2D eigenvalue weighted by molar-refractivity contribution is 6.33. The maximum absolute atomic E-state index is 12.8. The number of pyridine rings is 1. The first kappa shape index (κ1) is 27.5. The van der Waals surface area contributed by atoms with E-state index in [4.69, 9.17) is 27.6 Å². The summed E-state index contributed by atoms with van der Waals surface area (Å²) in [7, 11) is 0. The lowest BCUT2D eigenvalue weighted by Gasteiger charge is -2.36. The van der Waals surface area contributed by atoms with Crippen LogP contribution in [0.2, 0.25) is 5.02 Å². The first-order valence-corrected chi connectivity index (χ1v) is 13.3. The maximum atomic E-state index is 12.8. The zero-order valence-corrected chi connectivity index (χ0v) is 22.8. The van der Waals surface area contributed by atoms with Gasteiger partial charge in [-0.25, -0.2) is 14.6 Å². The zero-order chi connectivity index (χ0) is 27.3. The Hall–Kier alpha value is -3.51. The van der Waals surface area contributed by atoms with Crippen LogP contribution < -0.4 is 15.0 Å². The van der Waals surface area contributed by atoms with Gasteiger partial charge in [-0.3, -0.25) is 4.79 Å². The third-order valence-electron chi connectivity index (χ3n) is 6.62. The molecule has 2 fully saturated rings. The molecule has 9 nitrogen and oxygen atoms in total. The molecule has 2 heterocycles. The van der Waals surface area contributed by atoms with Crippen molar-refractivity contribution < 1.29 is 19.1 Å². The van der Waals surface area contributed by atoms with Gasteiger partial charge in [-0.15, -0.1) is 0 Å². The van der Waals surface area contributed by atoms with Gasteiger partial charge in [0.25, 0.3) is 5.91 Å². The van der Waals surface area contributed by atoms with Crippen LogP contribution in [-0.2, 0) is 4.74 Å². The number of ether oxygens (including phenoxy) is 2.